The van der Waals surface area contributed by atoms with Crippen LogP contribution in [0.3, 0.4) is 0 Å². The van der Waals surface area contributed by atoms with Gasteiger partial charge in [0.1, 0.15) is 5.75 Å². The molecule has 1 saturated heterocycles. The normalized spacial score (nSPS) is 21.7. The Morgan fingerprint density at radius 1 is 1.10 bits per heavy atom. The highest BCUT2D eigenvalue weighted by Crippen LogP contribution is 2.40. The van der Waals surface area contributed by atoms with E-state index in [0.29, 0.717) is 12.3 Å². The Morgan fingerprint density at radius 3 is 2.45 bits per heavy atom. The number of benzene rings is 2. The Hall–Kier alpha value is -3.08. The minimum absolute atomic E-state index is 0.0549. The molecule has 1 unspecified atom stereocenters. The van der Waals surface area contributed by atoms with Crippen molar-refractivity contribution in [2.24, 2.45) is 0 Å². The predicted molar refractivity (Wildman–Crippen MR) is 123 cm³/mol. The van der Waals surface area contributed by atoms with Gasteiger partial charge in [0, 0.05) is 11.7 Å². The van der Waals surface area contributed by atoms with Gasteiger partial charge in [-0.1, -0.05) is 55.7 Å². The lowest BCUT2D eigenvalue weighted by atomic mass is 9.80. The van der Waals surface area contributed by atoms with E-state index < -0.39 is 5.54 Å². The fraction of sp³-hybridized carbons (Fsp3) is 0.385. The molecule has 2 aromatic rings. The van der Waals surface area contributed by atoms with Gasteiger partial charge in [-0.2, -0.15) is 0 Å². The minimum atomic E-state index is -1.02. The summed E-state index contributed by atoms with van der Waals surface area (Å²) in [5.74, 6) is 0.594. The largest absolute Gasteiger partial charge is 0.494 e. The third-order valence-corrected chi connectivity index (χ3v) is 6.16. The van der Waals surface area contributed by atoms with Crippen LogP contribution in [0.2, 0.25) is 0 Å². The summed E-state index contributed by atoms with van der Waals surface area (Å²) in [6.07, 6.45) is 9.50. The van der Waals surface area contributed by atoms with E-state index in [2.05, 4.69) is 5.32 Å². The van der Waals surface area contributed by atoms with Gasteiger partial charge in [-0.3, -0.25) is 14.5 Å². The lowest BCUT2D eigenvalue weighted by Crippen LogP contribution is -2.70. The molecule has 0 spiro atoms. The van der Waals surface area contributed by atoms with Crippen LogP contribution < -0.4 is 15.0 Å². The van der Waals surface area contributed by atoms with Crippen LogP contribution in [0, 0.1) is 0 Å². The first-order chi connectivity index (χ1) is 15.1. The highest BCUT2D eigenvalue weighted by molar-refractivity contribution is 6.15. The molecule has 2 aromatic carbocycles. The van der Waals surface area contributed by atoms with Crippen molar-refractivity contribution in [3.63, 3.8) is 0 Å². The Kier molecular flexibility index (Phi) is 6.40. The van der Waals surface area contributed by atoms with Crippen LogP contribution in [0.15, 0.2) is 60.7 Å². The van der Waals surface area contributed by atoms with Crippen molar-refractivity contribution >= 4 is 23.6 Å². The smallest absolute Gasteiger partial charge is 0.251 e. The summed E-state index contributed by atoms with van der Waals surface area (Å²) in [5.41, 5.74) is 0.687. The van der Waals surface area contributed by atoms with Crippen molar-refractivity contribution in [1.82, 2.24) is 5.32 Å². The number of nitrogens with one attached hydrogen (secondary N) is 1. The quantitative estimate of drug-likeness (QED) is 0.662. The fourth-order valence-corrected chi connectivity index (χ4v) is 4.50. The molecule has 0 radical (unpaired) electrons. The van der Waals surface area contributed by atoms with E-state index in [1.54, 1.807) is 4.90 Å². The number of hydrogen-bond acceptors (Lipinski definition) is 3. The molecule has 1 N–H and O–H groups in total. The summed E-state index contributed by atoms with van der Waals surface area (Å²) in [6, 6.07) is 17.4. The highest BCUT2D eigenvalue weighted by atomic mass is 16.5. The molecule has 1 aliphatic carbocycles. The SMILES string of the molecule is CCOc1ccc(N2C(=O)CC2(C=Cc2ccccc2)C(=O)NC2CCCCC2)cc1. The Balaban J connectivity index is 1.64. The molecule has 1 atom stereocenters. The van der Waals surface area contributed by atoms with E-state index in [1.807, 2.05) is 73.7 Å². The molecule has 0 bridgehead atoms. The van der Waals surface area contributed by atoms with Gasteiger partial charge in [0.05, 0.1) is 13.0 Å². The van der Waals surface area contributed by atoms with Crippen molar-refractivity contribution in [3.8, 4) is 5.75 Å². The molecule has 1 aliphatic heterocycles. The van der Waals surface area contributed by atoms with Crippen molar-refractivity contribution < 1.29 is 14.3 Å². The zero-order valence-electron chi connectivity index (χ0n) is 18.0. The van der Waals surface area contributed by atoms with Crippen LogP contribution in [0.5, 0.6) is 5.75 Å². The number of carbonyl (C=O) groups is 2. The maximum atomic E-state index is 13.6. The lowest BCUT2D eigenvalue weighted by molar-refractivity contribution is -0.137. The first-order valence-corrected chi connectivity index (χ1v) is 11.2. The molecule has 162 valence electrons. The summed E-state index contributed by atoms with van der Waals surface area (Å²) >= 11 is 0. The molecule has 5 nitrogen and oxygen atoms in total. The lowest BCUT2D eigenvalue weighted by Gasteiger charge is -2.49. The van der Waals surface area contributed by atoms with Crippen LogP contribution in [0.25, 0.3) is 6.08 Å². The number of nitrogens with zero attached hydrogens (tertiary/aromatic N) is 1. The van der Waals surface area contributed by atoms with Crippen LogP contribution in [-0.4, -0.2) is 30.0 Å². The standard InChI is InChI=1S/C26H30N2O3/c1-2-31-23-15-13-22(14-16-23)28-24(29)19-26(28,18-17-20-9-5-3-6-10-20)25(30)27-21-11-7-4-8-12-21/h3,5-6,9-10,13-18,21H,2,4,7-8,11-12,19H2,1H3,(H,27,30). The van der Waals surface area contributed by atoms with E-state index in [-0.39, 0.29) is 24.3 Å². The summed E-state index contributed by atoms with van der Waals surface area (Å²) in [4.78, 5) is 27.9. The van der Waals surface area contributed by atoms with Crippen LogP contribution in [0.1, 0.15) is 51.0 Å². The third kappa shape index (κ3) is 4.50. The van der Waals surface area contributed by atoms with Gasteiger partial charge in [0.2, 0.25) is 5.91 Å². The second-order valence-corrected chi connectivity index (χ2v) is 8.31. The number of anilines is 1. The van der Waals surface area contributed by atoms with E-state index in [4.69, 9.17) is 4.74 Å². The molecular formula is C26H30N2O3. The maximum Gasteiger partial charge on any atom is 0.251 e. The second-order valence-electron chi connectivity index (χ2n) is 8.31. The van der Waals surface area contributed by atoms with E-state index in [9.17, 15) is 9.59 Å². The molecule has 2 amide bonds. The van der Waals surface area contributed by atoms with Crippen molar-refractivity contribution in [2.45, 2.75) is 57.0 Å². The first-order valence-electron chi connectivity index (χ1n) is 11.2. The fourth-order valence-electron chi connectivity index (χ4n) is 4.50. The molecule has 2 aliphatic rings. The molecule has 0 aromatic heterocycles. The van der Waals surface area contributed by atoms with Crippen molar-refractivity contribution in [3.05, 3.63) is 66.2 Å². The van der Waals surface area contributed by atoms with Crippen molar-refractivity contribution in [2.75, 3.05) is 11.5 Å². The van der Waals surface area contributed by atoms with E-state index in [0.717, 1.165) is 37.0 Å². The highest BCUT2D eigenvalue weighted by Gasteiger charge is 2.55. The maximum absolute atomic E-state index is 13.6. The minimum Gasteiger partial charge on any atom is -0.494 e. The van der Waals surface area contributed by atoms with Crippen molar-refractivity contribution in [1.29, 1.82) is 0 Å². The summed E-state index contributed by atoms with van der Waals surface area (Å²) in [7, 11) is 0. The molecule has 4 rings (SSSR count). The van der Waals surface area contributed by atoms with Gasteiger partial charge >= 0.3 is 0 Å². The van der Waals surface area contributed by atoms with Crippen LogP contribution >= 0.6 is 0 Å². The van der Waals surface area contributed by atoms with Gasteiger partial charge in [0.25, 0.3) is 5.91 Å². The van der Waals surface area contributed by atoms with Crippen LogP contribution in [-0.2, 0) is 9.59 Å². The number of rotatable bonds is 7. The van der Waals surface area contributed by atoms with E-state index >= 15 is 0 Å². The zero-order valence-corrected chi connectivity index (χ0v) is 18.0. The molecule has 2 fully saturated rings. The van der Waals surface area contributed by atoms with Gasteiger partial charge < -0.3 is 10.1 Å². The molecule has 5 heteroatoms. The van der Waals surface area contributed by atoms with Gasteiger partial charge in [-0.05, 0) is 55.7 Å². The number of ether oxygens (including phenoxy) is 1. The zero-order chi connectivity index (χ0) is 21.7. The summed E-state index contributed by atoms with van der Waals surface area (Å²) < 4.78 is 5.53. The molecular weight excluding hydrogens is 388 g/mol. The Morgan fingerprint density at radius 2 is 1.81 bits per heavy atom. The Labute approximate surface area is 184 Å². The monoisotopic (exact) mass is 418 g/mol. The van der Waals surface area contributed by atoms with E-state index in [1.165, 1.54) is 6.42 Å². The molecule has 1 saturated carbocycles. The number of amides is 2. The predicted octanol–water partition coefficient (Wildman–Crippen LogP) is 4.72. The Bertz CT molecular complexity index is 933. The summed E-state index contributed by atoms with van der Waals surface area (Å²) in [6.45, 7) is 2.51. The molecule has 31 heavy (non-hydrogen) atoms. The second kappa shape index (κ2) is 9.38. The first kappa shape index (κ1) is 21.2. The number of β-lactam (4-membered cyclic amide) rings is 1. The average Bonchev–Trinajstić information content (AvgIpc) is 2.79. The number of carbonyl (C=O) groups excluding carboxylic acids is 2. The summed E-state index contributed by atoms with van der Waals surface area (Å²) in [5, 5.41) is 3.24. The van der Waals surface area contributed by atoms with Gasteiger partial charge in [0.15, 0.2) is 5.54 Å². The van der Waals surface area contributed by atoms with Crippen LogP contribution in [0.4, 0.5) is 5.69 Å². The average molecular weight is 419 g/mol. The number of hydrogen-bond donors (Lipinski definition) is 1. The topological polar surface area (TPSA) is 58.6 Å². The third-order valence-electron chi connectivity index (χ3n) is 6.16. The van der Waals surface area contributed by atoms with Gasteiger partial charge in [-0.15, -0.1) is 0 Å². The molecule has 1 heterocycles. The van der Waals surface area contributed by atoms with Gasteiger partial charge in [-0.25, -0.2) is 0 Å².